The summed E-state index contributed by atoms with van der Waals surface area (Å²) in [6, 6.07) is 10.3. The van der Waals surface area contributed by atoms with Crippen molar-refractivity contribution in [3.05, 3.63) is 77.9 Å². The predicted octanol–water partition coefficient (Wildman–Crippen LogP) is 6.29. The smallest absolute Gasteiger partial charge is 0.317 e. The Labute approximate surface area is 230 Å². The molecule has 0 bridgehead atoms. The van der Waals surface area contributed by atoms with Crippen LogP contribution in [0.15, 0.2) is 59.6 Å². The summed E-state index contributed by atoms with van der Waals surface area (Å²) in [7, 11) is 0. The summed E-state index contributed by atoms with van der Waals surface area (Å²) < 4.78 is 42.4. The van der Waals surface area contributed by atoms with Gasteiger partial charge in [0, 0.05) is 28.1 Å². The molecule has 0 aliphatic carbocycles. The van der Waals surface area contributed by atoms with E-state index in [1.165, 1.54) is 6.07 Å². The van der Waals surface area contributed by atoms with Crippen LogP contribution in [0.25, 0.3) is 32.9 Å². The van der Waals surface area contributed by atoms with E-state index in [0.29, 0.717) is 40.4 Å². The zero-order valence-corrected chi connectivity index (χ0v) is 22.1. The van der Waals surface area contributed by atoms with Crippen LogP contribution in [0.3, 0.4) is 0 Å². The molecule has 0 amide bonds. The number of fused-ring (bicyclic) bond motifs is 3. The van der Waals surface area contributed by atoms with Crippen molar-refractivity contribution < 1.29 is 18.0 Å². The van der Waals surface area contributed by atoms with Crippen molar-refractivity contribution in [2.24, 2.45) is 0 Å². The van der Waals surface area contributed by atoms with Crippen molar-refractivity contribution in [1.82, 2.24) is 25.0 Å². The van der Waals surface area contributed by atoms with Gasteiger partial charge in [-0.1, -0.05) is 35.5 Å². The van der Waals surface area contributed by atoms with Gasteiger partial charge in [-0.3, -0.25) is 9.88 Å². The first-order valence-electron chi connectivity index (χ1n) is 13.9. The first-order valence-corrected chi connectivity index (χ1v) is 13.9. The van der Waals surface area contributed by atoms with Crippen LogP contribution >= 0.6 is 0 Å². The molecule has 2 saturated heterocycles. The predicted molar refractivity (Wildman–Crippen MR) is 147 cm³/mol. The molecule has 2 aromatic carbocycles. The molecule has 7 nitrogen and oxygen atoms in total. The van der Waals surface area contributed by atoms with E-state index in [9.17, 15) is 4.39 Å². The Kier molecular flexibility index (Phi) is 6.38. The van der Waals surface area contributed by atoms with Crippen molar-refractivity contribution in [2.75, 3.05) is 19.7 Å². The van der Waals surface area contributed by atoms with Gasteiger partial charge in [0.25, 0.3) is 0 Å². The molecule has 9 heteroatoms. The number of benzene rings is 2. The zero-order chi connectivity index (χ0) is 27.1. The Bertz CT molecular complexity index is 1680. The van der Waals surface area contributed by atoms with Gasteiger partial charge in [-0.15, -0.1) is 0 Å². The first kappa shape index (κ1) is 25.0. The molecule has 0 unspecified atom stereocenters. The van der Waals surface area contributed by atoms with E-state index >= 15 is 4.39 Å². The molecule has 0 atom stereocenters. The monoisotopic (exact) mass is 541 g/mol. The highest BCUT2D eigenvalue weighted by atomic mass is 19.1. The van der Waals surface area contributed by atoms with Crippen molar-refractivity contribution in [1.29, 1.82) is 0 Å². The van der Waals surface area contributed by atoms with Gasteiger partial charge < -0.3 is 9.26 Å². The summed E-state index contributed by atoms with van der Waals surface area (Å²) in [4.78, 5) is 16.3. The highest BCUT2D eigenvalue weighted by Crippen LogP contribution is 2.39. The number of hydrogen-bond acceptors (Lipinski definition) is 7. The molecule has 40 heavy (non-hydrogen) atoms. The highest BCUT2D eigenvalue weighted by molar-refractivity contribution is 5.98. The van der Waals surface area contributed by atoms with Crippen molar-refractivity contribution in [3.8, 4) is 17.3 Å². The molecule has 204 valence electrons. The molecular formula is C31H29F2N5O2. The number of aryl methyl sites for hydroxylation is 2. The summed E-state index contributed by atoms with van der Waals surface area (Å²) in [5.41, 5.74) is 2.24. The Hall–Kier alpha value is -3.98. The molecule has 3 aromatic heterocycles. The SMILES string of the molecule is Fc1c(-c2cccc3cccc(F)c23)ncc2c(CCCc3cnoc3)nc(OCC34CCCN3CCC4)nc12. The lowest BCUT2D eigenvalue weighted by atomic mass is 9.95. The zero-order valence-electron chi connectivity index (χ0n) is 22.1. The molecule has 0 saturated carbocycles. The minimum absolute atomic E-state index is 0.00912. The number of halogens is 2. The standard InChI is InChI=1S/C31H29F2N5O2/c32-24-10-3-8-21-7-2-9-22(26(21)24)28-27(33)29-23(17-34-28)25(11-1-6-20-16-35-40-18-20)36-30(37-29)39-19-31-12-4-14-38(31)15-5-13-31/h2-3,7-10,16-18H,1,4-6,11-15,19H2. The van der Waals surface area contributed by atoms with Crippen LogP contribution in [0.2, 0.25) is 0 Å². The van der Waals surface area contributed by atoms with E-state index in [-0.39, 0.29) is 22.8 Å². The maximum Gasteiger partial charge on any atom is 0.317 e. The molecule has 2 fully saturated rings. The Morgan fingerprint density at radius 3 is 2.60 bits per heavy atom. The molecule has 2 aliphatic rings. The summed E-state index contributed by atoms with van der Waals surface area (Å²) >= 11 is 0. The number of pyridine rings is 1. The van der Waals surface area contributed by atoms with Crippen molar-refractivity contribution in [2.45, 2.75) is 50.5 Å². The Morgan fingerprint density at radius 1 is 0.975 bits per heavy atom. The number of rotatable bonds is 8. The fourth-order valence-electron chi connectivity index (χ4n) is 6.50. The van der Waals surface area contributed by atoms with Crippen molar-refractivity contribution >= 4 is 21.7 Å². The van der Waals surface area contributed by atoms with Crippen LogP contribution in [-0.2, 0) is 12.8 Å². The third-order valence-corrected chi connectivity index (χ3v) is 8.50. The van der Waals surface area contributed by atoms with E-state index in [2.05, 4.69) is 20.0 Å². The largest absolute Gasteiger partial charge is 0.461 e. The third-order valence-electron chi connectivity index (χ3n) is 8.50. The van der Waals surface area contributed by atoms with E-state index < -0.39 is 11.6 Å². The van der Waals surface area contributed by atoms with E-state index in [0.717, 1.165) is 57.2 Å². The van der Waals surface area contributed by atoms with E-state index in [4.69, 9.17) is 14.2 Å². The van der Waals surface area contributed by atoms with Crippen molar-refractivity contribution in [3.63, 3.8) is 0 Å². The minimum atomic E-state index is -0.609. The number of aromatic nitrogens is 4. The van der Waals surface area contributed by atoms with Crippen LogP contribution < -0.4 is 4.74 Å². The molecule has 0 N–H and O–H groups in total. The van der Waals surface area contributed by atoms with Crippen LogP contribution in [0.1, 0.15) is 43.4 Å². The topological polar surface area (TPSA) is 77.2 Å². The first-order chi connectivity index (χ1) is 19.6. The van der Waals surface area contributed by atoms with Gasteiger partial charge in [-0.05, 0) is 69.5 Å². The minimum Gasteiger partial charge on any atom is -0.461 e. The summed E-state index contributed by atoms with van der Waals surface area (Å²) in [6.07, 6.45) is 11.5. The second kappa shape index (κ2) is 10.2. The number of hydrogen-bond donors (Lipinski definition) is 0. The maximum atomic E-state index is 16.3. The van der Waals surface area contributed by atoms with E-state index in [1.54, 1.807) is 49.0 Å². The summed E-state index contributed by atoms with van der Waals surface area (Å²) in [5, 5.41) is 5.30. The Balaban J connectivity index is 1.29. The van der Waals surface area contributed by atoms with Crippen LogP contribution in [-0.4, -0.2) is 50.2 Å². The van der Waals surface area contributed by atoms with Gasteiger partial charge in [0.15, 0.2) is 5.82 Å². The summed E-state index contributed by atoms with van der Waals surface area (Å²) in [5.74, 6) is -1.03. The van der Waals surface area contributed by atoms with Gasteiger partial charge >= 0.3 is 6.01 Å². The van der Waals surface area contributed by atoms with Gasteiger partial charge in [-0.25, -0.2) is 8.78 Å². The normalized spacial score (nSPS) is 16.6. The Morgan fingerprint density at radius 2 is 1.80 bits per heavy atom. The lowest BCUT2D eigenvalue weighted by Gasteiger charge is -2.31. The van der Waals surface area contributed by atoms with Gasteiger partial charge in [0.1, 0.15) is 29.9 Å². The van der Waals surface area contributed by atoms with E-state index in [1.807, 2.05) is 0 Å². The second-order valence-electron chi connectivity index (χ2n) is 10.9. The molecule has 7 rings (SSSR count). The molecular weight excluding hydrogens is 512 g/mol. The average molecular weight is 542 g/mol. The fourth-order valence-corrected chi connectivity index (χ4v) is 6.50. The lowest BCUT2D eigenvalue weighted by Crippen LogP contribution is -2.43. The number of ether oxygens (including phenoxy) is 1. The third kappa shape index (κ3) is 4.38. The van der Waals surface area contributed by atoms with Crippen LogP contribution in [0, 0.1) is 11.6 Å². The maximum absolute atomic E-state index is 16.3. The second-order valence-corrected chi connectivity index (χ2v) is 10.9. The molecule has 5 heterocycles. The van der Waals surface area contributed by atoms with Gasteiger partial charge in [0.2, 0.25) is 0 Å². The average Bonchev–Trinajstić information content (AvgIpc) is 3.71. The van der Waals surface area contributed by atoms with Crippen LogP contribution in [0.4, 0.5) is 8.78 Å². The fraction of sp³-hybridized carbons (Fsp3) is 0.355. The van der Waals surface area contributed by atoms with Crippen LogP contribution in [0.5, 0.6) is 6.01 Å². The number of nitrogens with zero attached hydrogens (tertiary/aromatic N) is 5. The summed E-state index contributed by atoms with van der Waals surface area (Å²) in [6.45, 7) is 2.65. The quantitative estimate of drug-likeness (QED) is 0.228. The van der Waals surface area contributed by atoms with Gasteiger partial charge in [-0.2, -0.15) is 9.97 Å². The lowest BCUT2D eigenvalue weighted by molar-refractivity contribution is 0.107. The van der Waals surface area contributed by atoms with Gasteiger partial charge in [0.05, 0.1) is 17.4 Å². The highest BCUT2D eigenvalue weighted by Gasteiger charge is 2.45. The molecule has 0 radical (unpaired) electrons. The molecule has 5 aromatic rings. The molecule has 0 spiro atoms. The molecule has 2 aliphatic heterocycles.